The number of nitrogens with one attached hydrogen (secondary N) is 1. The van der Waals surface area contributed by atoms with Crippen LogP contribution in [0.15, 0.2) is 42.5 Å². The van der Waals surface area contributed by atoms with E-state index in [-0.39, 0.29) is 5.41 Å². The molecule has 3 rings (SSSR count). The number of rotatable bonds is 1. The molecule has 0 aliphatic rings. The van der Waals surface area contributed by atoms with E-state index in [0.29, 0.717) is 0 Å². The number of anilines is 1. The second-order valence-electron chi connectivity index (χ2n) is 6.16. The normalized spacial score (nSPS) is 11.9. The fourth-order valence-electron chi connectivity index (χ4n) is 2.46. The van der Waals surface area contributed by atoms with Gasteiger partial charge in [0.15, 0.2) is 0 Å². The van der Waals surface area contributed by atoms with E-state index in [2.05, 4.69) is 44.0 Å². The maximum atomic E-state index is 5.85. The molecule has 0 aliphatic carbocycles. The van der Waals surface area contributed by atoms with Crippen molar-refractivity contribution in [2.75, 3.05) is 5.73 Å². The first-order valence-corrected chi connectivity index (χ1v) is 6.80. The zero-order valence-corrected chi connectivity index (χ0v) is 12.1. The Morgan fingerprint density at radius 3 is 2.50 bits per heavy atom. The highest BCUT2D eigenvalue weighted by molar-refractivity contribution is 5.83. The van der Waals surface area contributed by atoms with Crippen molar-refractivity contribution in [1.82, 2.24) is 9.97 Å². The average molecular weight is 265 g/mol. The van der Waals surface area contributed by atoms with Crippen molar-refractivity contribution in [1.29, 1.82) is 0 Å². The predicted molar refractivity (Wildman–Crippen MR) is 84.6 cm³/mol. The third kappa shape index (κ3) is 2.16. The van der Waals surface area contributed by atoms with E-state index in [9.17, 15) is 0 Å². The number of nitrogen functional groups attached to an aromatic ring is 1. The van der Waals surface area contributed by atoms with Gasteiger partial charge in [0.2, 0.25) is 0 Å². The number of aromatic amines is 1. The first kappa shape index (κ1) is 12.7. The van der Waals surface area contributed by atoms with Gasteiger partial charge in [-0.1, -0.05) is 45.0 Å². The van der Waals surface area contributed by atoms with Crippen molar-refractivity contribution < 1.29 is 0 Å². The van der Waals surface area contributed by atoms with Gasteiger partial charge in [0.05, 0.1) is 11.0 Å². The summed E-state index contributed by atoms with van der Waals surface area (Å²) in [7, 11) is 0. The maximum absolute atomic E-state index is 5.85. The van der Waals surface area contributed by atoms with Crippen molar-refractivity contribution in [2.45, 2.75) is 26.2 Å². The summed E-state index contributed by atoms with van der Waals surface area (Å²) in [4.78, 5) is 8.16. The average Bonchev–Trinajstić information content (AvgIpc) is 2.81. The Hall–Kier alpha value is -2.29. The van der Waals surface area contributed by atoms with Crippen molar-refractivity contribution in [3.8, 4) is 11.4 Å². The Bertz CT molecular complexity index is 763. The molecule has 2 aromatic carbocycles. The standard InChI is InChI=1S/C17H19N3/c1-17(2,3)13-8-5-9-14-15(13)20-16(19-14)11-6-4-7-12(18)10-11/h4-10H,18H2,1-3H3,(H,19,20). The Balaban J connectivity index is 2.21. The molecule has 102 valence electrons. The van der Waals surface area contributed by atoms with Gasteiger partial charge in [0, 0.05) is 11.3 Å². The fourth-order valence-corrected chi connectivity index (χ4v) is 2.46. The number of nitrogens with two attached hydrogens (primary N) is 1. The fraction of sp³-hybridized carbons (Fsp3) is 0.235. The summed E-state index contributed by atoms with van der Waals surface area (Å²) < 4.78 is 0. The third-order valence-electron chi connectivity index (χ3n) is 3.48. The van der Waals surface area contributed by atoms with Gasteiger partial charge in [0.25, 0.3) is 0 Å². The first-order chi connectivity index (χ1) is 9.45. The molecule has 3 N–H and O–H groups in total. The molecule has 3 aromatic rings. The topological polar surface area (TPSA) is 54.7 Å². The van der Waals surface area contributed by atoms with Crippen LogP contribution >= 0.6 is 0 Å². The van der Waals surface area contributed by atoms with Crippen LogP contribution in [0.2, 0.25) is 0 Å². The van der Waals surface area contributed by atoms with Gasteiger partial charge in [-0.25, -0.2) is 4.98 Å². The van der Waals surface area contributed by atoms with E-state index < -0.39 is 0 Å². The van der Waals surface area contributed by atoms with Crippen molar-refractivity contribution in [3.63, 3.8) is 0 Å². The Morgan fingerprint density at radius 1 is 1.05 bits per heavy atom. The molecule has 0 atom stereocenters. The van der Waals surface area contributed by atoms with Crippen LogP contribution in [0.4, 0.5) is 5.69 Å². The van der Waals surface area contributed by atoms with Crippen LogP contribution in [-0.2, 0) is 5.41 Å². The number of benzene rings is 2. The largest absolute Gasteiger partial charge is 0.399 e. The van der Waals surface area contributed by atoms with E-state index in [4.69, 9.17) is 10.7 Å². The number of para-hydroxylation sites is 1. The molecule has 0 amide bonds. The Kier molecular flexibility index (Phi) is 2.78. The second kappa shape index (κ2) is 4.37. The summed E-state index contributed by atoms with van der Waals surface area (Å²) in [6.45, 7) is 6.61. The zero-order chi connectivity index (χ0) is 14.3. The van der Waals surface area contributed by atoms with Crippen molar-refractivity contribution in [3.05, 3.63) is 48.0 Å². The van der Waals surface area contributed by atoms with Crippen molar-refractivity contribution >= 4 is 16.7 Å². The van der Waals surface area contributed by atoms with Crippen molar-refractivity contribution in [2.24, 2.45) is 0 Å². The van der Waals surface area contributed by atoms with Crippen LogP contribution in [0.1, 0.15) is 26.3 Å². The molecular weight excluding hydrogens is 246 g/mol. The van der Waals surface area contributed by atoms with Crippen LogP contribution in [0, 0.1) is 0 Å². The van der Waals surface area contributed by atoms with Gasteiger partial charge in [-0.15, -0.1) is 0 Å². The molecule has 0 saturated heterocycles. The van der Waals surface area contributed by atoms with E-state index >= 15 is 0 Å². The molecule has 3 heteroatoms. The number of hydrogen-bond acceptors (Lipinski definition) is 2. The molecule has 0 aliphatic heterocycles. The van der Waals surface area contributed by atoms with Gasteiger partial charge in [-0.3, -0.25) is 0 Å². The quantitative estimate of drug-likeness (QED) is 0.650. The molecule has 0 radical (unpaired) electrons. The van der Waals surface area contributed by atoms with Crippen LogP contribution in [-0.4, -0.2) is 9.97 Å². The molecule has 0 spiro atoms. The molecule has 0 bridgehead atoms. The number of imidazole rings is 1. The summed E-state index contributed by atoms with van der Waals surface area (Å²) in [5.74, 6) is 0.865. The van der Waals surface area contributed by atoms with Gasteiger partial charge < -0.3 is 10.7 Å². The van der Waals surface area contributed by atoms with Crippen LogP contribution in [0.5, 0.6) is 0 Å². The highest BCUT2D eigenvalue weighted by Crippen LogP contribution is 2.30. The molecule has 20 heavy (non-hydrogen) atoms. The second-order valence-corrected chi connectivity index (χ2v) is 6.16. The monoisotopic (exact) mass is 265 g/mol. The van der Waals surface area contributed by atoms with Crippen LogP contribution in [0.3, 0.4) is 0 Å². The summed E-state index contributed by atoms with van der Waals surface area (Å²) >= 11 is 0. The van der Waals surface area contributed by atoms with Crippen LogP contribution < -0.4 is 5.73 Å². The third-order valence-corrected chi connectivity index (χ3v) is 3.48. The summed E-state index contributed by atoms with van der Waals surface area (Å²) in [5.41, 5.74) is 11.0. The van der Waals surface area contributed by atoms with Gasteiger partial charge >= 0.3 is 0 Å². The van der Waals surface area contributed by atoms with Gasteiger partial charge in [-0.2, -0.15) is 0 Å². The molecule has 3 nitrogen and oxygen atoms in total. The van der Waals surface area contributed by atoms with E-state index in [1.807, 2.05) is 24.3 Å². The number of H-pyrrole nitrogens is 1. The van der Waals surface area contributed by atoms with Crippen LogP contribution in [0.25, 0.3) is 22.4 Å². The summed E-state index contributed by atoms with van der Waals surface area (Å²) in [6.07, 6.45) is 0. The number of fused-ring (bicyclic) bond motifs is 1. The van der Waals surface area contributed by atoms with E-state index in [0.717, 1.165) is 28.1 Å². The highest BCUT2D eigenvalue weighted by atomic mass is 14.9. The summed E-state index contributed by atoms with van der Waals surface area (Å²) in [5, 5.41) is 0. The SMILES string of the molecule is CC(C)(C)c1cccc2[nH]c(-c3cccc(N)c3)nc12. The first-order valence-electron chi connectivity index (χ1n) is 6.80. The molecule has 1 heterocycles. The predicted octanol–water partition coefficient (Wildman–Crippen LogP) is 4.11. The van der Waals surface area contributed by atoms with Gasteiger partial charge in [-0.05, 0) is 29.2 Å². The lowest BCUT2D eigenvalue weighted by molar-refractivity contribution is 0.595. The zero-order valence-electron chi connectivity index (χ0n) is 12.1. The number of aromatic nitrogens is 2. The smallest absolute Gasteiger partial charge is 0.138 e. The highest BCUT2D eigenvalue weighted by Gasteiger charge is 2.19. The van der Waals surface area contributed by atoms with Gasteiger partial charge in [0.1, 0.15) is 5.82 Å². The number of nitrogens with zero attached hydrogens (tertiary/aromatic N) is 1. The lowest BCUT2D eigenvalue weighted by atomic mass is 9.86. The Morgan fingerprint density at radius 2 is 1.80 bits per heavy atom. The molecule has 0 fully saturated rings. The Labute approximate surface area is 118 Å². The van der Waals surface area contributed by atoms with E-state index in [1.54, 1.807) is 0 Å². The minimum Gasteiger partial charge on any atom is -0.399 e. The molecule has 1 aromatic heterocycles. The molecule has 0 unspecified atom stereocenters. The number of hydrogen-bond donors (Lipinski definition) is 2. The lowest BCUT2D eigenvalue weighted by Gasteiger charge is -2.19. The molecular formula is C17H19N3. The lowest BCUT2D eigenvalue weighted by Crippen LogP contribution is -2.11. The minimum absolute atomic E-state index is 0.0711. The van der Waals surface area contributed by atoms with E-state index in [1.165, 1.54) is 5.56 Å². The summed E-state index contributed by atoms with van der Waals surface area (Å²) in [6, 6.07) is 14.1. The minimum atomic E-state index is 0.0711. The molecule has 0 saturated carbocycles. The maximum Gasteiger partial charge on any atom is 0.138 e.